The van der Waals surface area contributed by atoms with Gasteiger partial charge in [0.1, 0.15) is 5.69 Å². The summed E-state index contributed by atoms with van der Waals surface area (Å²) in [6, 6.07) is 9.77. The second-order valence-corrected chi connectivity index (χ2v) is 7.24. The third-order valence-electron chi connectivity index (χ3n) is 5.85. The van der Waals surface area contributed by atoms with Crippen LogP contribution >= 0.6 is 0 Å². The molecule has 0 unspecified atom stereocenters. The Labute approximate surface area is 148 Å². The van der Waals surface area contributed by atoms with Crippen LogP contribution in [0.15, 0.2) is 36.5 Å². The highest BCUT2D eigenvalue weighted by atomic mass is 16.3. The van der Waals surface area contributed by atoms with Gasteiger partial charge in [-0.05, 0) is 50.2 Å². The summed E-state index contributed by atoms with van der Waals surface area (Å²) in [6.07, 6.45) is 5.41. The van der Waals surface area contributed by atoms with Gasteiger partial charge in [-0.2, -0.15) is 0 Å². The molecule has 2 fully saturated rings. The molecule has 1 aromatic carbocycles. The van der Waals surface area contributed by atoms with E-state index in [0.29, 0.717) is 5.69 Å². The van der Waals surface area contributed by atoms with Crippen LogP contribution < -0.4 is 0 Å². The summed E-state index contributed by atoms with van der Waals surface area (Å²) in [4.78, 5) is 21.5. The normalized spacial score (nSPS) is 27.0. The van der Waals surface area contributed by atoms with E-state index < -0.39 is 6.10 Å². The molecule has 0 spiro atoms. The third kappa shape index (κ3) is 2.92. The Morgan fingerprint density at radius 2 is 1.96 bits per heavy atom. The van der Waals surface area contributed by atoms with Crippen LogP contribution in [0.25, 0.3) is 10.8 Å². The van der Waals surface area contributed by atoms with E-state index in [0.717, 1.165) is 36.7 Å². The first kappa shape index (κ1) is 16.5. The number of nitrogens with zero attached hydrogens (tertiary/aromatic N) is 3. The Hall–Kier alpha value is -1.98. The van der Waals surface area contributed by atoms with Gasteiger partial charge in [0.05, 0.1) is 12.1 Å². The zero-order chi connectivity index (χ0) is 17.4. The van der Waals surface area contributed by atoms with Gasteiger partial charge < -0.3 is 10.0 Å². The molecule has 4 rings (SSSR count). The first-order valence-corrected chi connectivity index (χ1v) is 9.20. The van der Waals surface area contributed by atoms with E-state index in [4.69, 9.17) is 0 Å². The summed E-state index contributed by atoms with van der Waals surface area (Å²) < 4.78 is 0. The Morgan fingerprint density at radius 3 is 2.76 bits per heavy atom. The van der Waals surface area contributed by atoms with Gasteiger partial charge in [-0.25, -0.2) is 0 Å². The molecule has 1 aromatic heterocycles. The number of aliphatic hydroxyl groups excluding tert-OH is 1. The predicted molar refractivity (Wildman–Crippen MR) is 97.5 cm³/mol. The maximum Gasteiger partial charge on any atom is 0.273 e. The summed E-state index contributed by atoms with van der Waals surface area (Å²) in [6.45, 7) is 2.13. The molecule has 2 aliphatic rings. The van der Waals surface area contributed by atoms with E-state index in [-0.39, 0.29) is 18.0 Å². The van der Waals surface area contributed by atoms with Crippen LogP contribution in [0, 0.1) is 0 Å². The van der Waals surface area contributed by atoms with Gasteiger partial charge in [-0.15, -0.1) is 0 Å². The minimum atomic E-state index is -0.484. The van der Waals surface area contributed by atoms with Crippen molar-refractivity contribution >= 4 is 16.7 Å². The number of rotatable bonds is 3. The summed E-state index contributed by atoms with van der Waals surface area (Å²) >= 11 is 0. The number of aliphatic hydroxyl groups is 1. The Morgan fingerprint density at radius 1 is 1.20 bits per heavy atom. The Kier molecular flexibility index (Phi) is 4.44. The number of benzene rings is 1. The first-order valence-electron chi connectivity index (χ1n) is 9.20. The average molecular weight is 339 g/mol. The smallest absolute Gasteiger partial charge is 0.273 e. The fourth-order valence-electron chi connectivity index (χ4n) is 4.44. The fraction of sp³-hybridized carbons (Fsp3) is 0.500. The molecule has 5 heteroatoms. The van der Waals surface area contributed by atoms with Crippen molar-refractivity contribution in [1.82, 2.24) is 14.8 Å². The van der Waals surface area contributed by atoms with Gasteiger partial charge >= 0.3 is 0 Å². The topological polar surface area (TPSA) is 56.7 Å². The number of carbonyl (C=O) groups excluding carboxylic acids is 1. The van der Waals surface area contributed by atoms with E-state index in [2.05, 4.69) is 9.88 Å². The van der Waals surface area contributed by atoms with Crippen molar-refractivity contribution in [2.75, 3.05) is 20.1 Å². The monoisotopic (exact) mass is 339 g/mol. The molecule has 1 saturated carbocycles. The summed E-state index contributed by atoms with van der Waals surface area (Å²) in [5.41, 5.74) is 0.470. The highest BCUT2D eigenvalue weighted by Crippen LogP contribution is 2.31. The van der Waals surface area contributed by atoms with E-state index in [1.54, 1.807) is 18.1 Å². The fourth-order valence-corrected chi connectivity index (χ4v) is 4.44. The first-order chi connectivity index (χ1) is 12.2. The molecule has 3 atom stereocenters. The lowest BCUT2D eigenvalue weighted by molar-refractivity contribution is 0.0294. The number of fused-ring (bicyclic) bond motifs is 1. The number of hydrogen-bond acceptors (Lipinski definition) is 4. The minimum Gasteiger partial charge on any atom is -0.389 e. The van der Waals surface area contributed by atoms with Gasteiger partial charge in [0.15, 0.2) is 0 Å². The van der Waals surface area contributed by atoms with Gasteiger partial charge in [0, 0.05) is 24.7 Å². The maximum atomic E-state index is 13.1. The van der Waals surface area contributed by atoms with Gasteiger partial charge in [0.2, 0.25) is 0 Å². The van der Waals surface area contributed by atoms with Crippen molar-refractivity contribution in [3.8, 4) is 0 Å². The Balaban J connectivity index is 1.56. The number of aromatic nitrogens is 1. The van der Waals surface area contributed by atoms with E-state index in [1.807, 2.05) is 30.3 Å². The molecule has 1 saturated heterocycles. The molecular weight excluding hydrogens is 314 g/mol. The Bertz CT molecular complexity index is 767. The number of likely N-dealkylation sites (N-methyl/N-ethyl adjacent to an activating group) is 1. The van der Waals surface area contributed by atoms with Crippen LogP contribution in [-0.2, 0) is 0 Å². The van der Waals surface area contributed by atoms with Crippen LogP contribution in [0.3, 0.4) is 0 Å². The quantitative estimate of drug-likeness (QED) is 0.932. The largest absolute Gasteiger partial charge is 0.389 e. The molecule has 2 heterocycles. The van der Waals surface area contributed by atoms with Crippen molar-refractivity contribution in [3.63, 3.8) is 0 Å². The van der Waals surface area contributed by atoms with Gasteiger partial charge in [-0.3, -0.25) is 14.7 Å². The van der Waals surface area contributed by atoms with Crippen LogP contribution in [-0.4, -0.2) is 64.1 Å². The van der Waals surface area contributed by atoms with Crippen molar-refractivity contribution in [3.05, 3.63) is 42.2 Å². The van der Waals surface area contributed by atoms with Crippen molar-refractivity contribution < 1.29 is 9.90 Å². The van der Waals surface area contributed by atoms with Crippen LogP contribution in [0.1, 0.15) is 36.2 Å². The number of pyridine rings is 1. The standard InChI is InChI=1S/C20H25N3O2/c1-22(16-8-9-17(19(16)24)23-12-4-5-13-23)20(25)18-15-7-3-2-6-14(15)10-11-21-18/h2-3,6-7,10-11,16-17,19,24H,4-5,8-9,12-13H2,1H3/t16-,17-,19-/m1/s1. The lowest BCUT2D eigenvalue weighted by Gasteiger charge is -2.32. The zero-order valence-corrected chi connectivity index (χ0v) is 14.6. The number of hydrogen-bond donors (Lipinski definition) is 1. The van der Waals surface area contributed by atoms with Gasteiger partial charge in [0.25, 0.3) is 5.91 Å². The lowest BCUT2D eigenvalue weighted by Crippen LogP contribution is -2.48. The van der Waals surface area contributed by atoms with E-state index >= 15 is 0 Å². The third-order valence-corrected chi connectivity index (χ3v) is 5.85. The molecule has 0 bridgehead atoms. The van der Waals surface area contributed by atoms with Crippen molar-refractivity contribution in [2.45, 2.75) is 43.9 Å². The predicted octanol–water partition coefficient (Wildman–Crippen LogP) is 2.29. The number of likely N-dealkylation sites (tertiary alicyclic amines) is 1. The minimum absolute atomic E-state index is 0.108. The van der Waals surface area contributed by atoms with Crippen molar-refractivity contribution in [2.24, 2.45) is 0 Å². The maximum absolute atomic E-state index is 13.1. The van der Waals surface area contributed by atoms with Crippen molar-refractivity contribution in [1.29, 1.82) is 0 Å². The second kappa shape index (κ2) is 6.73. The molecule has 2 aromatic rings. The second-order valence-electron chi connectivity index (χ2n) is 7.24. The summed E-state index contributed by atoms with van der Waals surface area (Å²) in [5.74, 6) is -0.108. The lowest BCUT2D eigenvalue weighted by atomic mass is 10.1. The molecule has 1 N–H and O–H groups in total. The summed E-state index contributed by atoms with van der Waals surface area (Å²) in [5, 5.41) is 12.7. The summed E-state index contributed by atoms with van der Waals surface area (Å²) in [7, 11) is 1.80. The van der Waals surface area contributed by atoms with Crippen LogP contribution in [0.5, 0.6) is 0 Å². The van der Waals surface area contributed by atoms with E-state index in [1.165, 1.54) is 12.8 Å². The zero-order valence-electron chi connectivity index (χ0n) is 14.6. The van der Waals surface area contributed by atoms with Gasteiger partial charge in [-0.1, -0.05) is 24.3 Å². The highest BCUT2D eigenvalue weighted by Gasteiger charge is 2.42. The molecular formula is C20H25N3O2. The molecule has 1 aliphatic carbocycles. The number of amides is 1. The molecule has 5 nitrogen and oxygen atoms in total. The molecule has 0 radical (unpaired) electrons. The molecule has 25 heavy (non-hydrogen) atoms. The molecule has 1 amide bonds. The van der Waals surface area contributed by atoms with Crippen LogP contribution in [0.2, 0.25) is 0 Å². The number of carbonyl (C=O) groups is 1. The molecule has 1 aliphatic heterocycles. The van der Waals surface area contributed by atoms with E-state index in [9.17, 15) is 9.90 Å². The SMILES string of the molecule is CN(C(=O)c1nccc2ccccc12)[C@@H]1CC[C@@H](N2CCCC2)[C@@H]1O. The average Bonchev–Trinajstić information content (AvgIpc) is 3.29. The van der Waals surface area contributed by atoms with Crippen LogP contribution in [0.4, 0.5) is 0 Å². The highest BCUT2D eigenvalue weighted by molar-refractivity contribution is 6.05. The molecule has 132 valence electrons.